The molecule has 0 spiro atoms. The van der Waals surface area contributed by atoms with Crippen molar-refractivity contribution in [1.29, 1.82) is 0 Å². The molecule has 0 unspecified atom stereocenters. The van der Waals surface area contributed by atoms with Gasteiger partial charge in [-0.15, -0.1) is 10.2 Å². The van der Waals surface area contributed by atoms with E-state index in [9.17, 15) is 14.7 Å². The molecule has 1 aliphatic rings. The number of carboxylic acid groups (broad SMARTS) is 1. The van der Waals surface area contributed by atoms with Crippen molar-refractivity contribution in [2.24, 2.45) is 0 Å². The Labute approximate surface area is 164 Å². The van der Waals surface area contributed by atoms with Crippen LogP contribution in [0.1, 0.15) is 11.1 Å². The second kappa shape index (κ2) is 7.81. The number of thioether (sulfide) groups is 1. The van der Waals surface area contributed by atoms with E-state index < -0.39 is 12.0 Å². The molecule has 1 aromatic carbocycles. The van der Waals surface area contributed by atoms with Gasteiger partial charge in [-0.1, -0.05) is 36.0 Å². The number of nitrogens with zero attached hydrogens (tertiary/aromatic N) is 4. The molecule has 1 N–H and O–H groups in total. The Morgan fingerprint density at radius 2 is 1.89 bits per heavy atom. The summed E-state index contributed by atoms with van der Waals surface area (Å²) in [7, 11) is 0. The number of hydrogen-bond donors (Lipinski definition) is 1. The number of carboxylic acids is 1. The number of carbonyl (C=O) groups is 2. The van der Waals surface area contributed by atoms with Crippen molar-refractivity contribution in [2.75, 3.05) is 5.75 Å². The summed E-state index contributed by atoms with van der Waals surface area (Å²) in [5, 5.41) is 17.7. The molecule has 0 radical (unpaired) electrons. The zero-order valence-electron chi connectivity index (χ0n) is 14.7. The molecule has 0 saturated carbocycles. The van der Waals surface area contributed by atoms with Crippen molar-refractivity contribution < 1.29 is 19.1 Å². The average Bonchev–Trinajstić information content (AvgIpc) is 3.20. The Balaban J connectivity index is 1.44. The monoisotopic (exact) mass is 396 g/mol. The van der Waals surface area contributed by atoms with Gasteiger partial charge in [0.05, 0.1) is 5.75 Å². The van der Waals surface area contributed by atoms with Gasteiger partial charge in [0.2, 0.25) is 11.8 Å². The van der Waals surface area contributed by atoms with Gasteiger partial charge in [0.25, 0.3) is 5.22 Å². The lowest BCUT2D eigenvalue weighted by molar-refractivity contribution is -0.150. The van der Waals surface area contributed by atoms with Crippen molar-refractivity contribution in [2.45, 2.75) is 24.2 Å². The fraction of sp³-hybridized carbons (Fsp3) is 0.211. The molecule has 3 aromatic rings. The van der Waals surface area contributed by atoms with Gasteiger partial charge >= 0.3 is 5.97 Å². The molecule has 4 rings (SSSR count). The van der Waals surface area contributed by atoms with Crippen LogP contribution in [0.25, 0.3) is 11.5 Å². The first kappa shape index (κ1) is 18.2. The van der Waals surface area contributed by atoms with Crippen LogP contribution >= 0.6 is 11.8 Å². The molecule has 8 nitrogen and oxygen atoms in total. The first-order chi connectivity index (χ1) is 13.6. The largest absolute Gasteiger partial charge is 0.480 e. The lowest BCUT2D eigenvalue weighted by Gasteiger charge is -2.34. The molecule has 1 aliphatic heterocycles. The van der Waals surface area contributed by atoms with Crippen LogP contribution in [0.3, 0.4) is 0 Å². The summed E-state index contributed by atoms with van der Waals surface area (Å²) >= 11 is 1.09. The number of fused-ring (bicyclic) bond motifs is 1. The molecule has 28 heavy (non-hydrogen) atoms. The van der Waals surface area contributed by atoms with Gasteiger partial charge in [0.1, 0.15) is 6.04 Å². The Kier molecular flexibility index (Phi) is 5.07. The van der Waals surface area contributed by atoms with Gasteiger partial charge in [-0.25, -0.2) is 4.79 Å². The molecule has 3 heterocycles. The highest BCUT2D eigenvalue weighted by molar-refractivity contribution is 7.99. The SMILES string of the molecule is O=C(O)[C@@H]1Cc2ccccc2CN1C(=O)CSc1nnc(-c2ccncc2)o1. The Morgan fingerprint density at radius 3 is 2.64 bits per heavy atom. The predicted molar refractivity (Wildman–Crippen MR) is 100 cm³/mol. The number of aromatic nitrogens is 3. The molecule has 1 amide bonds. The van der Waals surface area contributed by atoms with Crippen molar-refractivity contribution >= 4 is 23.6 Å². The van der Waals surface area contributed by atoms with Crippen LogP contribution in [0, 0.1) is 0 Å². The van der Waals surface area contributed by atoms with E-state index >= 15 is 0 Å². The topological polar surface area (TPSA) is 109 Å². The summed E-state index contributed by atoms with van der Waals surface area (Å²) in [6, 6.07) is 10.2. The molecule has 9 heteroatoms. The molecule has 0 saturated heterocycles. The molecule has 1 atom stereocenters. The lowest BCUT2D eigenvalue weighted by atomic mass is 9.94. The first-order valence-corrected chi connectivity index (χ1v) is 9.56. The van der Waals surface area contributed by atoms with Crippen molar-refractivity contribution in [3.8, 4) is 11.5 Å². The van der Waals surface area contributed by atoms with E-state index in [1.807, 2.05) is 24.3 Å². The zero-order chi connectivity index (χ0) is 19.5. The quantitative estimate of drug-likeness (QED) is 0.654. The Hall–Kier alpha value is -3.20. The Morgan fingerprint density at radius 1 is 1.14 bits per heavy atom. The van der Waals surface area contributed by atoms with E-state index in [2.05, 4.69) is 15.2 Å². The predicted octanol–water partition coefficient (Wildman–Crippen LogP) is 2.26. The molecular formula is C19H16N4O4S. The van der Waals surface area contributed by atoms with E-state index in [1.165, 1.54) is 4.90 Å². The van der Waals surface area contributed by atoms with Crippen molar-refractivity contribution in [3.63, 3.8) is 0 Å². The number of pyridine rings is 1. The van der Waals surface area contributed by atoms with Gasteiger partial charge < -0.3 is 14.4 Å². The van der Waals surface area contributed by atoms with Crippen LogP contribution < -0.4 is 0 Å². The summed E-state index contributed by atoms with van der Waals surface area (Å²) in [6.45, 7) is 0.276. The molecule has 0 bridgehead atoms. The van der Waals surface area contributed by atoms with Gasteiger partial charge in [-0.2, -0.15) is 0 Å². The smallest absolute Gasteiger partial charge is 0.326 e. The lowest BCUT2D eigenvalue weighted by Crippen LogP contribution is -2.49. The number of hydrogen-bond acceptors (Lipinski definition) is 7. The number of aliphatic carboxylic acids is 1. The number of carbonyl (C=O) groups excluding carboxylic acids is 1. The van der Waals surface area contributed by atoms with Crippen LogP contribution in [-0.2, 0) is 22.6 Å². The van der Waals surface area contributed by atoms with Gasteiger partial charge in [0.15, 0.2) is 0 Å². The third kappa shape index (κ3) is 3.74. The van der Waals surface area contributed by atoms with Crippen LogP contribution in [0.5, 0.6) is 0 Å². The van der Waals surface area contributed by atoms with Gasteiger partial charge in [-0.05, 0) is 23.3 Å². The maximum absolute atomic E-state index is 12.7. The van der Waals surface area contributed by atoms with E-state index in [4.69, 9.17) is 4.42 Å². The molecule has 142 valence electrons. The van der Waals surface area contributed by atoms with E-state index in [0.29, 0.717) is 12.3 Å². The van der Waals surface area contributed by atoms with E-state index in [1.54, 1.807) is 24.5 Å². The molecular weight excluding hydrogens is 380 g/mol. The summed E-state index contributed by atoms with van der Waals surface area (Å²) in [5.41, 5.74) is 2.67. The van der Waals surface area contributed by atoms with Crippen LogP contribution in [0.2, 0.25) is 0 Å². The molecule has 0 fully saturated rings. The third-order valence-corrected chi connectivity index (χ3v) is 5.31. The first-order valence-electron chi connectivity index (χ1n) is 8.57. The second-order valence-electron chi connectivity index (χ2n) is 6.25. The Bertz CT molecular complexity index is 1010. The molecule has 2 aromatic heterocycles. The van der Waals surface area contributed by atoms with Crippen LogP contribution in [0.4, 0.5) is 0 Å². The number of amides is 1. The fourth-order valence-electron chi connectivity index (χ4n) is 3.09. The highest BCUT2D eigenvalue weighted by Gasteiger charge is 2.34. The maximum atomic E-state index is 12.7. The zero-order valence-corrected chi connectivity index (χ0v) is 15.5. The highest BCUT2D eigenvalue weighted by atomic mass is 32.2. The fourth-order valence-corrected chi connectivity index (χ4v) is 3.74. The standard InChI is InChI=1S/C19H16N4O4S/c24-16(11-28-19-22-21-17(27-19)12-5-7-20-8-6-12)23-10-14-4-2-1-3-13(14)9-15(23)18(25)26/h1-8,15H,9-11H2,(H,25,26)/t15-/m0/s1. The minimum Gasteiger partial charge on any atom is -0.480 e. The van der Waals surface area contributed by atoms with Crippen molar-refractivity contribution in [1.82, 2.24) is 20.1 Å². The minimum absolute atomic E-state index is 0.0178. The maximum Gasteiger partial charge on any atom is 0.326 e. The van der Waals surface area contributed by atoms with Crippen molar-refractivity contribution in [3.05, 3.63) is 59.9 Å². The summed E-state index contributed by atoms with van der Waals surface area (Å²) in [6.07, 6.45) is 3.54. The van der Waals surface area contributed by atoms with Gasteiger partial charge in [0, 0.05) is 30.9 Å². The minimum atomic E-state index is -1.01. The van der Waals surface area contributed by atoms with Crippen LogP contribution in [0.15, 0.2) is 58.4 Å². The van der Waals surface area contributed by atoms with E-state index in [-0.39, 0.29) is 23.4 Å². The van der Waals surface area contributed by atoms with Crippen LogP contribution in [-0.4, -0.2) is 48.9 Å². The number of rotatable bonds is 5. The second-order valence-corrected chi connectivity index (χ2v) is 7.17. The summed E-state index contributed by atoms with van der Waals surface area (Å²) in [5.74, 6) is -0.932. The summed E-state index contributed by atoms with van der Waals surface area (Å²) in [4.78, 5) is 29.7. The normalized spacial score (nSPS) is 15.9. The van der Waals surface area contributed by atoms with E-state index in [0.717, 1.165) is 28.5 Å². The third-order valence-electron chi connectivity index (χ3n) is 4.51. The van der Waals surface area contributed by atoms with Gasteiger partial charge in [-0.3, -0.25) is 9.78 Å². The molecule has 0 aliphatic carbocycles. The average molecular weight is 396 g/mol. The highest BCUT2D eigenvalue weighted by Crippen LogP contribution is 2.26. The summed E-state index contributed by atoms with van der Waals surface area (Å²) < 4.78 is 5.56. The number of benzene rings is 1.